The molecule has 3 aliphatic carbocycles. The fourth-order valence-corrected chi connectivity index (χ4v) is 7.24. The molecule has 3 N–H and O–H groups in total. The van der Waals surface area contributed by atoms with Gasteiger partial charge in [0.1, 0.15) is 0 Å². The number of aliphatic hydroxyl groups is 3. The molecule has 0 aromatic heterocycles. The molecule has 3 aliphatic rings. The minimum absolute atomic E-state index is 0.371. The largest absolute Gasteiger partial charge is 0.393 e. The summed E-state index contributed by atoms with van der Waals surface area (Å²) in [5.41, 5.74) is 3.26. The van der Waals surface area contributed by atoms with Gasteiger partial charge in [0.2, 0.25) is 0 Å². The Balaban J connectivity index is 1.67. The van der Waals surface area contributed by atoms with Gasteiger partial charge in [-0.3, -0.25) is 0 Å². The normalized spacial score (nSPS) is 37.2. The van der Waals surface area contributed by atoms with Gasteiger partial charge in [0, 0.05) is 6.42 Å². The second kappa shape index (κ2) is 10.6. The van der Waals surface area contributed by atoms with Crippen LogP contribution < -0.4 is 0 Å². The van der Waals surface area contributed by atoms with E-state index in [1.807, 2.05) is 0 Å². The van der Waals surface area contributed by atoms with Crippen LogP contribution >= 0.6 is 0 Å². The van der Waals surface area contributed by atoms with Crippen LogP contribution in [0.15, 0.2) is 35.5 Å². The van der Waals surface area contributed by atoms with E-state index in [1.165, 1.54) is 38.5 Å². The standard InChI is InChI=1S/C29H48O3/c1-6-29(32,7-2)17-8-10-20(3)25-14-15-26-22(11-9-16-28(25,26)5)12-13-23-18-24(30)19-27(31)21(23)4/h12-13,20,24-27,30-32H,4,6-11,14-19H2,1-3,5H3/t20-,24-,25-,26?,27+,28-/m1/s1. The van der Waals surface area contributed by atoms with Gasteiger partial charge >= 0.3 is 0 Å². The van der Waals surface area contributed by atoms with E-state index in [1.54, 1.807) is 5.57 Å². The number of rotatable bonds is 8. The van der Waals surface area contributed by atoms with Crippen LogP contribution in [0.5, 0.6) is 0 Å². The van der Waals surface area contributed by atoms with Crippen LogP contribution in [-0.2, 0) is 0 Å². The summed E-state index contributed by atoms with van der Waals surface area (Å²) in [6.45, 7) is 13.3. The minimum Gasteiger partial charge on any atom is -0.393 e. The second-order valence-electron chi connectivity index (χ2n) is 11.5. The molecule has 0 radical (unpaired) electrons. The molecule has 6 atom stereocenters. The lowest BCUT2D eigenvalue weighted by Crippen LogP contribution is -2.36. The van der Waals surface area contributed by atoms with Crippen molar-refractivity contribution in [2.24, 2.45) is 23.2 Å². The monoisotopic (exact) mass is 444 g/mol. The summed E-state index contributed by atoms with van der Waals surface area (Å²) >= 11 is 0. The first-order valence-corrected chi connectivity index (χ1v) is 13.3. The van der Waals surface area contributed by atoms with E-state index in [-0.39, 0.29) is 0 Å². The van der Waals surface area contributed by atoms with Crippen LogP contribution in [-0.4, -0.2) is 33.1 Å². The zero-order valence-electron chi connectivity index (χ0n) is 21.1. The molecule has 0 aromatic carbocycles. The van der Waals surface area contributed by atoms with E-state index in [0.29, 0.717) is 30.1 Å². The van der Waals surface area contributed by atoms with Gasteiger partial charge < -0.3 is 15.3 Å². The molecule has 0 spiro atoms. The number of hydrogen-bond acceptors (Lipinski definition) is 3. The van der Waals surface area contributed by atoms with Gasteiger partial charge in [-0.05, 0) is 92.1 Å². The maximum Gasteiger partial charge on any atom is 0.0811 e. The average Bonchev–Trinajstić information content (AvgIpc) is 3.12. The molecule has 0 saturated heterocycles. The molecule has 3 nitrogen and oxygen atoms in total. The summed E-state index contributed by atoms with van der Waals surface area (Å²) in [4.78, 5) is 0. The molecule has 0 heterocycles. The van der Waals surface area contributed by atoms with Crippen LogP contribution in [0.25, 0.3) is 0 Å². The van der Waals surface area contributed by atoms with E-state index >= 15 is 0 Å². The lowest BCUT2D eigenvalue weighted by Gasteiger charge is -2.44. The molecule has 182 valence electrons. The van der Waals surface area contributed by atoms with E-state index in [0.717, 1.165) is 42.7 Å². The minimum atomic E-state index is -0.616. The van der Waals surface area contributed by atoms with Crippen molar-refractivity contribution in [2.45, 2.75) is 123 Å². The summed E-state index contributed by atoms with van der Waals surface area (Å²) in [7, 11) is 0. The summed E-state index contributed by atoms with van der Waals surface area (Å²) in [5.74, 6) is 2.10. The summed E-state index contributed by atoms with van der Waals surface area (Å²) in [6, 6.07) is 0. The molecule has 32 heavy (non-hydrogen) atoms. The highest BCUT2D eigenvalue weighted by Gasteiger charge is 2.50. The van der Waals surface area contributed by atoms with Crippen molar-refractivity contribution in [3.63, 3.8) is 0 Å². The third-order valence-electron chi connectivity index (χ3n) is 9.61. The fourth-order valence-electron chi connectivity index (χ4n) is 7.24. The smallest absolute Gasteiger partial charge is 0.0811 e. The SMILES string of the molecule is C=C1C(=CC=C2CCC[C@@]3(C)C2CC[C@@H]3[C@H](C)CCCC(O)(CC)CC)C[C@@H](O)C[C@@H]1O. The Morgan fingerprint density at radius 1 is 1.19 bits per heavy atom. The van der Waals surface area contributed by atoms with Crippen molar-refractivity contribution in [1.29, 1.82) is 0 Å². The molecule has 3 rings (SSSR count). The summed E-state index contributed by atoms with van der Waals surface area (Å²) in [6.07, 6.45) is 15.7. The molecule has 0 bridgehead atoms. The van der Waals surface area contributed by atoms with Gasteiger partial charge in [-0.25, -0.2) is 0 Å². The van der Waals surface area contributed by atoms with Crippen LogP contribution in [0.4, 0.5) is 0 Å². The highest BCUT2D eigenvalue weighted by molar-refractivity contribution is 5.38. The molecule has 0 aromatic rings. The van der Waals surface area contributed by atoms with Crippen molar-refractivity contribution in [2.75, 3.05) is 0 Å². The van der Waals surface area contributed by atoms with Crippen molar-refractivity contribution in [3.8, 4) is 0 Å². The van der Waals surface area contributed by atoms with Gasteiger partial charge in [-0.15, -0.1) is 0 Å². The zero-order chi connectivity index (χ0) is 23.5. The van der Waals surface area contributed by atoms with E-state index in [2.05, 4.69) is 46.4 Å². The van der Waals surface area contributed by atoms with E-state index in [4.69, 9.17) is 0 Å². The first kappa shape index (κ1) is 25.7. The highest BCUT2D eigenvalue weighted by Crippen LogP contribution is 2.60. The number of hydrogen-bond donors (Lipinski definition) is 3. The Morgan fingerprint density at radius 2 is 1.91 bits per heavy atom. The van der Waals surface area contributed by atoms with Gasteiger partial charge in [0.15, 0.2) is 0 Å². The van der Waals surface area contributed by atoms with Gasteiger partial charge in [-0.1, -0.05) is 64.8 Å². The quantitative estimate of drug-likeness (QED) is 0.401. The van der Waals surface area contributed by atoms with Gasteiger partial charge in [0.25, 0.3) is 0 Å². The third-order valence-corrected chi connectivity index (χ3v) is 9.61. The number of aliphatic hydroxyl groups excluding tert-OH is 2. The number of allylic oxidation sites excluding steroid dienone is 3. The molecular formula is C29H48O3. The molecule has 3 saturated carbocycles. The molecule has 0 aliphatic heterocycles. The maximum atomic E-state index is 10.6. The average molecular weight is 445 g/mol. The van der Waals surface area contributed by atoms with Crippen LogP contribution in [0.2, 0.25) is 0 Å². The van der Waals surface area contributed by atoms with E-state index in [9.17, 15) is 15.3 Å². The van der Waals surface area contributed by atoms with Gasteiger partial charge in [0.05, 0.1) is 17.8 Å². The van der Waals surface area contributed by atoms with Crippen LogP contribution in [0.3, 0.4) is 0 Å². The van der Waals surface area contributed by atoms with Crippen LogP contribution in [0, 0.1) is 23.2 Å². The lowest BCUT2D eigenvalue weighted by atomic mass is 9.60. The van der Waals surface area contributed by atoms with E-state index < -0.39 is 17.8 Å². The fraction of sp³-hybridized carbons (Fsp3) is 0.793. The Morgan fingerprint density at radius 3 is 2.59 bits per heavy atom. The van der Waals surface area contributed by atoms with Crippen molar-refractivity contribution in [1.82, 2.24) is 0 Å². The summed E-state index contributed by atoms with van der Waals surface area (Å²) < 4.78 is 0. The highest BCUT2D eigenvalue weighted by atomic mass is 16.3. The Bertz CT molecular complexity index is 716. The molecule has 3 heteroatoms. The third kappa shape index (κ3) is 5.42. The lowest BCUT2D eigenvalue weighted by molar-refractivity contribution is 0.0178. The first-order chi connectivity index (χ1) is 15.1. The second-order valence-corrected chi connectivity index (χ2v) is 11.5. The molecule has 3 fully saturated rings. The Kier molecular flexibility index (Phi) is 8.50. The predicted molar refractivity (Wildman–Crippen MR) is 133 cm³/mol. The maximum absolute atomic E-state index is 10.6. The van der Waals surface area contributed by atoms with Crippen molar-refractivity contribution < 1.29 is 15.3 Å². The molecule has 1 unspecified atom stereocenters. The molecule has 0 amide bonds. The summed E-state index contributed by atoms with van der Waals surface area (Å²) in [5, 5.41) is 30.9. The topological polar surface area (TPSA) is 60.7 Å². The Hall–Kier alpha value is -0.900. The molecular weight excluding hydrogens is 396 g/mol. The van der Waals surface area contributed by atoms with Gasteiger partial charge in [-0.2, -0.15) is 0 Å². The first-order valence-electron chi connectivity index (χ1n) is 13.3. The number of fused-ring (bicyclic) bond motifs is 1. The zero-order valence-corrected chi connectivity index (χ0v) is 21.1. The predicted octanol–water partition coefficient (Wildman–Crippen LogP) is 6.48. The van der Waals surface area contributed by atoms with Crippen LogP contribution in [0.1, 0.15) is 105 Å². The van der Waals surface area contributed by atoms with Crippen molar-refractivity contribution >= 4 is 0 Å². The van der Waals surface area contributed by atoms with Crippen molar-refractivity contribution in [3.05, 3.63) is 35.5 Å². The Labute approximate surface area is 196 Å².